The summed E-state index contributed by atoms with van der Waals surface area (Å²) < 4.78 is 5.12. The molecule has 0 unspecified atom stereocenters. The standard InChI is InChI=1S/C20H22N2O3/c1-14-5-3-4-6-18(14)22-13-16(11-19(22)23)20(24)21-12-15-7-9-17(25-2)10-8-15/h3-10,16H,11-13H2,1-2H3,(H,21,24)/t16-/m1/s1. The topological polar surface area (TPSA) is 58.6 Å². The van der Waals surface area contributed by atoms with Crippen molar-refractivity contribution in [2.24, 2.45) is 5.92 Å². The monoisotopic (exact) mass is 338 g/mol. The van der Waals surface area contributed by atoms with Gasteiger partial charge in [0.05, 0.1) is 13.0 Å². The fraction of sp³-hybridized carbons (Fsp3) is 0.300. The summed E-state index contributed by atoms with van der Waals surface area (Å²) in [5.74, 6) is 0.384. The highest BCUT2D eigenvalue weighted by atomic mass is 16.5. The van der Waals surface area contributed by atoms with Gasteiger partial charge in [-0.15, -0.1) is 0 Å². The number of rotatable bonds is 5. The molecule has 0 spiro atoms. The molecule has 0 aliphatic carbocycles. The van der Waals surface area contributed by atoms with E-state index in [-0.39, 0.29) is 24.2 Å². The number of para-hydroxylation sites is 1. The van der Waals surface area contributed by atoms with E-state index in [4.69, 9.17) is 4.74 Å². The molecule has 2 aromatic carbocycles. The van der Waals surface area contributed by atoms with Crippen molar-refractivity contribution in [1.29, 1.82) is 0 Å². The summed E-state index contributed by atoms with van der Waals surface area (Å²) in [7, 11) is 1.62. The van der Waals surface area contributed by atoms with Gasteiger partial charge in [-0.3, -0.25) is 9.59 Å². The van der Waals surface area contributed by atoms with Crippen LogP contribution in [0.15, 0.2) is 48.5 Å². The third kappa shape index (κ3) is 3.82. The van der Waals surface area contributed by atoms with Crippen molar-refractivity contribution in [1.82, 2.24) is 5.32 Å². The Bertz CT molecular complexity index is 771. The van der Waals surface area contributed by atoms with Crippen LogP contribution < -0.4 is 15.0 Å². The number of methoxy groups -OCH3 is 1. The van der Waals surface area contributed by atoms with Gasteiger partial charge in [0.2, 0.25) is 11.8 Å². The summed E-state index contributed by atoms with van der Waals surface area (Å²) in [6.07, 6.45) is 0.253. The van der Waals surface area contributed by atoms with Crippen LogP contribution in [0, 0.1) is 12.8 Å². The van der Waals surface area contributed by atoms with Crippen LogP contribution >= 0.6 is 0 Å². The molecular weight excluding hydrogens is 316 g/mol. The molecule has 1 atom stereocenters. The van der Waals surface area contributed by atoms with Gasteiger partial charge in [0.1, 0.15) is 5.75 Å². The average molecular weight is 338 g/mol. The summed E-state index contributed by atoms with van der Waals surface area (Å²) >= 11 is 0. The van der Waals surface area contributed by atoms with Gasteiger partial charge in [-0.1, -0.05) is 30.3 Å². The fourth-order valence-electron chi connectivity index (χ4n) is 3.06. The smallest absolute Gasteiger partial charge is 0.227 e. The van der Waals surface area contributed by atoms with E-state index in [9.17, 15) is 9.59 Å². The predicted molar refractivity (Wildman–Crippen MR) is 96.5 cm³/mol. The van der Waals surface area contributed by atoms with Crippen molar-refractivity contribution in [2.45, 2.75) is 19.9 Å². The highest BCUT2D eigenvalue weighted by Gasteiger charge is 2.35. The summed E-state index contributed by atoms with van der Waals surface area (Å²) in [5, 5.41) is 2.93. The minimum absolute atomic E-state index is 0.00102. The molecule has 1 aliphatic heterocycles. The number of aryl methyl sites for hydroxylation is 1. The van der Waals surface area contributed by atoms with Crippen LogP contribution in [0.4, 0.5) is 5.69 Å². The highest BCUT2D eigenvalue weighted by molar-refractivity contribution is 6.00. The Kier molecular flexibility index (Phi) is 5.03. The second-order valence-electron chi connectivity index (χ2n) is 6.26. The lowest BCUT2D eigenvalue weighted by molar-refractivity contribution is -0.126. The molecular formula is C20H22N2O3. The Labute approximate surface area is 147 Å². The van der Waals surface area contributed by atoms with Gasteiger partial charge in [-0.05, 0) is 36.2 Å². The maximum Gasteiger partial charge on any atom is 0.227 e. The SMILES string of the molecule is COc1ccc(CNC(=O)[C@@H]2CC(=O)N(c3ccccc3C)C2)cc1. The van der Waals surface area contributed by atoms with Crippen molar-refractivity contribution < 1.29 is 14.3 Å². The van der Waals surface area contributed by atoms with Gasteiger partial charge in [-0.2, -0.15) is 0 Å². The quantitative estimate of drug-likeness (QED) is 0.912. The van der Waals surface area contributed by atoms with E-state index in [1.807, 2.05) is 55.5 Å². The Morgan fingerprint density at radius 1 is 1.20 bits per heavy atom. The largest absolute Gasteiger partial charge is 0.497 e. The molecule has 25 heavy (non-hydrogen) atoms. The minimum atomic E-state index is -0.314. The number of nitrogens with one attached hydrogen (secondary N) is 1. The molecule has 0 saturated carbocycles. The second kappa shape index (κ2) is 7.38. The van der Waals surface area contributed by atoms with Crippen LogP contribution in [-0.4, -0.2) is 25.5 Å². The fourth-order valence-corrected chi connectivity index (χ4v) is 3.06. The lowest BCUT2D eigenvalue weighted by Gasteiger charge is -2.19. The number of ether oxygens (including phenoxy) is 1. The van der Waals surface area contributed by atoms with Crippen molar-refractivity contribution >= 4 is 17.5 Å². The van der Waals surface area contributed by atoms with Crippen LogP contribution in [0.25, 0.3) is 0 Å². The molecule has 1 aliphatic rings. The zero-order valence-corrected chi connectivity index (χ0v) is 14.5. The molecule has 0 bridgehead atoms. The van der Waals surface area contributed by atoms with Crippen LogP contribution in [0.5, 0.6) is 5.75 Å². The number of nitrogens with zero attached hydrogens (tertiary/aromatic N) is 1. The van der Waals surface area contributed by atoms with E-state index in [1.165, 1.54) is 0 Å². The molecule has 1 heterocycles. The van der Waals surface area contributed by atoms with E-state index < -0.39 is 0 Å². The number of carbonyl (C=O) groups excluding carboxylic acids is 2. The molecule has 5 nitrogen and oxygen atoms in total. The Morgan fingerprint density at radius 2 is 1.92 bits per heavy atom. The van der Waals surface area contributed by atoms with Crippen LogP contribution in [0.1, 0.15) is 17.5 Å². The van der Waals surface area contributed by atoms with Gasteiger partial charge in [0.25, 0.3) is 0 Å². The molecule has 130 valence electrons. The normalized spacial score (nSPS) is 16.8. The van der Waals surface area contributed by atoms with Gasteiger partial charge in [0, 0.05) is 25.2 Å². The second-order valence-corrected chi connectivity index (χ2v) is 6.26. The number of benzene rings is 2. The third-order valence-corrected chi connectivity index (χ3v) is 4.53. The molecule has 3 rings (SSSR count). The number of amides is 2. The van der Waals surface area contributed by atoms with E-state index in [1.54, 1.807) is 12.0 Å². The third-order valence-electron chi connectivity index (χ3n) is 4.53. The molecule has 1 saturated heterocycles. The first-order valence-corrected chi connectivity index (χ1v) is 8.35. The zero-order chi connectivity index (χ0) is 17.8. The van der Waals surface area contributed by atoms with Crippen molar-refractivity contribution in [3.05, 3.63) is 59.7 Å². The van der Waals surface area contributed by atoms with E-state index in [0.717, 1.165) is 22.6 Å². The van der Waals surface area contributed by atoms with Crippen LogP contribution in [0.3, 0.4) is 0 Å². The highest BCUT2D eigenvalue weighted by Crippen LogP contribution is 2.27. The van der Waals surface area contributed by atoms with Crippen LogP contribution in [-0.2, 0) is 16.1 Å². The van der Waals surface area contributed by atoms with Gasteiger partial charge < -0.3 is 15.0 Å². The molecule has 2 amide bonds. The number of anilines is 1. The Morgan fingerprint density at radius 3 is 2.60 bits per heavy atom. The van der Waals surface area contributed by atoms with Crippen molar-refractivity contribution in [3.63, 3.8) is 0 Å². The molecule has 0 aromatic heterocycles. The Hall–Kier alpha value is -2.82. The Balaban J connectivity index is 1.60. The van der Waals surface area contributed by atoms with Crippen molar-refractivity contribution in [2.75, 3.05) is 18.6 Å². The van der Waals surface area contributed by atoms with E-state index in [0.29, 0.717) is 13.1 Å². The van der Waals surface area contributed by atoms with Crippen LogP contribution in [0.2, 0.25) is 0 Å². The summed E-state index contributed by atoms with van der Waals surface area (Å²) in [5.41, 5.74) is 2.92. The maximum absolute atomic E-state index is 12.4. The van der Waals surface area contributed by atoms with Gasteiger partial charge in [0.15, 0.2) is 0 Å². The molecule has 2 aromatic rings. The first kappa shape index (κ1) is 17.0. The molecule has 5 heteroatoms. The first-order chi connectivity index (χ1) is 12.1. The number of hydrogen-bond acceptors (Lipinski definition) is 3. The molecule has 1 fully saturated rings. The van der Waals surface area contributed by atoms with Gasteiger partial charge >= 0.3 is 0 Å². The zero-order valence-electron chi connectivity index (χ0n) is 14.5. The van der Waals surface area contributed by atoms with E-state index in [2.05, 4.69) is 5.32 Å². The predicted octanol–water partition coefficient (Wildman–Crippen LogP) is 2.67. The summed E-state index contributed by atoms with van der Waals surface area (Å²) in [6.45, 7) is 2.84. The molecule has 0 radical (unpaired) electrons. The first-order valence-electron chi connectivity index (χ1n) is 8.35. The maximum atomic E-state index is 12.4. The summed E-state index contributed by atoms with van der Waals surface area (Å²) in [6, 6.07) is 15.3. The number of carbonyl (C=O) groups is 2. The van der Waals surface area contributed by atoms with Gasteiger partial charge in [-0.25, -0.2) is 0 Å². The van der Waals surface area contributed by atoms with E-state index >= 15 is 0 Å². The average Bonchev–Trinajstić information content (AvgIpc) is 3.02. The lowest BCUT2D eigenvalue weighted by Crippen LogP contribution is -2.32. The van der Waals surface area contributed by atoms with Crippen molar-refractivity contribution in [3.8, 4) is 5.75 Å². The minimum Gasteiger partial charge on any atom is -0.497 e. The number of hydrogen-bond donors (Lipinski definition) is 1. The molecule has 1 N–H and O–H groups in total. The summed E-state index contributed by atoms with van der Waals surface area (Å²) in [4.78, 5) is 26.5. The lowest BCUT2D eigenvalue weighted by atomic mass is 10.1.